The molecule has 7 nitrogen and oxygen atoms in total. The predicted octanol–water partition coefficient (Wildman–Crippen LogP) is 5.59. The maximum atomic E-state index is 13.1. The lowest BCUT2D eigenvalue weighted by atomic mass is 9.85. The number of benzene rings is 1. The van der Waals surface area contributed by atoms with Crippen molar-refractivity contribution in [3.8, 4) is 0 Å². The van der Waals surface area contributed by atoms with Gasteiger partial charge in [0.2, 0.25) is 10.0 Å². The Kier molecular flexibility index (Phi) is 8.55. The largest absolute Gasteiger partial charge is 0.444 e. The van der Waals surface area contributed by atoms with Crippen LogP contribution >= 0.6 is 0 Å². The average Bonchev–Trinajstić information content (AvgIpc) is 3.02. The van der Waals surface area contributed by atoms with Gasteiger partial charge in [0.1, 0.15) is 5.60 Å². The summed E-state index contributed by atoms with van der Waals surface area (Å²) in [5.41, 5.74) is 1.37. The number of fused-ring (bicyclic) bond motifs is 2. The second-order valence-electron chi connectivity index (χ2n) is 12.2. The fraction of sp³-hybridized carbons (Fsp3) is 0.750. The third kappa shape index (κ3) is 7.60. The number of ether oxygens (including phenoxy) is 1. The molecule has 3 atom stereocenters. The summed E-state index contributed by atoms with van der Waals surface area (Å²) in [6.45, 7) is 8.24. The van der Waals surface area contributed by atoms with Gasteiger partial charge in [0, 0.05) is 37.4 Å². The second kappa shape index (κ2) is 11.3. The van der Waals surface area contributed by atoms with Crippen LogP contribution in [0.2, 0.25) is 0 Å². The van der Waals surface area contributed by atoms with Gasteiger partial charge in [-0.3, -0.25) is 9.62 Å². The van der Waals surface area contributed by atoms with Gasteiger partial charge in [0.25, 0.3) is 0 Å². The Balaban J connectivity index is 1.38. The molecule has 3 fully saturated rings. The summed E-state index contributed by atoms with van der Waals surface area (Å²) in [7, 11) is -3.29. The summed E-state index contributed by atoms with van der Waals surface area (Å²) in [6.07, 6.45) is 11.8. The Morgan fingerprint density at radius 2 is 1.75 bits per heavy atom. The van der Waals surface area contributed by atoms with Crippen molar-refractivity contribution in [1.29, 1.82) is 0 Å². The number of carbonyl (C=O) groups is 1. The van der Waals surface area contributed by atoms with E-state index in [9.17, 15) is 13.2 Å². The Labute approximate surface area is 218 Å². The molecule has 0 radical (unpaired) electrons. The molecule has 0 spiro atoms. The van der Waals surface area contributed by atoms with Gasteiger partial charge < -0.3 is 9.64 Å². The van der Waals surface area contributed by atoms with Crippen molar-refractivity contribution in [3.05, 3.63) is 29.8 Å². The number of anilines is 1. The quantitative estimate of drug-likeness (QED) is 0.485. The van der Waals surface area contributed by atoms with E-state index in [1.165, 1.54) is 56.8 Å². The highest BCUT2D eigenvalue weighted by atomic mass is 32.2. The summed E-state index contributed by atoms with van der Waals surface area (Å²) in [6, 6.07) is 8.90. The average molecular weight is 520 g/mol. The van der Waals surface area contributed by atoms with E-state index in [0.717, 1.165) is 32.5 Å². The maximum Gasteiger partial charge on any atom is 0.410 e. The molecule has 2 bridgehead atoms. The van der Waals surface area contributed by atoms with Gasteiger partial charge in [0.05, 0.1) is 6.26 Å². The second-order valence-corrected chi connectivity index (χ2v) is 14.0. The van der Waals surface area contributed by atoms with Crippen LogP contribution in [0, 0.1) is 5.92 Å². The number of hydrogen-bond donors (Lipinski definition) is 1. The lowest BCUT2D eigenvalue weighted by Gasteiger charge is -2.40. The molecular weight excluding hydrogens is 474 g/mol. The summed E-state index contributed by atoms with van der Waals surface area (Å²) in [5.74, 6) is 1.02. The summed E-state index contributed by atoms with van der Waals surface area (Å²) < 4.78 is 31.7. The molecule has 0 aromatic heterocycles. The van der Waals surface area contributed by atoms with Crippen molar-refractivity contribution in [2.75, 3.05) is 30.6 Å². The molecule has 1 unspecified atom stereocenters. The molecule has 2 heterocycles. The van der Waals surface area contributed by atoms with Crippen molar-refractivity contribution in [1.82, 2.24) is 9.80 Å². The number of hydrogen-bond acceptors (Lipinski definition) is 5. The highest BCUT2D eigenvalue weighted by Crippen LogP contribution is 2.43. The molecule has 202 valence electrons. The van der Waals surface area contributed by atoms with E-state index in [0.29, 0.717) is 29.6 Å². The predicted molar refractivity (Wildman–Crippen MR) is 145 cm³/mol. The number of carbonyl (C=O) groups excluding carboxylic acids is 1. The Morgan fingerprint density at radius 3 is 2.36 bits per heavy atom. The van der Waals surface area contributed by atoms with Gasteiger partial charge in [0.15, 0.2) is 0 Å². The van der Waals surface area contributed by atoms with Crippen molar-refractivity contribution < 1.29 is 17.9 Å². The molecular formula is C28H45N3O4S. The third-order valence-electron chi connectivity index (χ3n) is 8.03. The SMILES string of the molecule is CC(C)(C)OC(=O)N(CCN1[C@@H]2CC[C@H]1CC(c1cccc(NS(C)(=O)=O)c1)C2)CC1CCCCC1. The zero-order chi connectivity index (χ0) is 25.9. The van der Waals surface area contributed by atoms with Crippen LogP contribution in [-0.2, 0) is 14.8 Å². The molecule has 4 rings (SSSR count). The number of rotatable bonds is 8. The lowest BCUT2D eigenvalue weighted by molar-refractivity contribution is 0.0159. The minimum atomic E-state index is -3.29. The van der Waals surface area contributed by atoms with Crippen molar-refractivity contribution in [2.45, 2.75) is 102 Å². The van der Waals surface area contributed by atoms with Crippen LogP contribution in [0.15, 0.2) is 24.3 Å². The van der Waals surface area contributed by atoms with Gasteiger partial charge in [-0.25, -0.2) is 13.2 Å². The Morgan fingerprint density at radius 1 is 1.08 bits per heavy atom. The van der Waals surface area contributed by atoms with Gasteiger partial charge >= 0.3 is 6.09 Å². The molecule has 3 aliphatic rings. The smallest absolute Gasteiger partial charge is 0.410 e. The zero-order valence-corrected chi connectivity index (χ0v) is 23.4. The fourth-order valence-electron chi connectivity index (χ4n) is 6.48. The van der Waals surface area contributed by atoms with E-state index < -0.39 is 15.6 Å². The molecule has 1 saturated carbocycles. The lowest BCUT2D eigenvalue weighted by Crippen LogP contribution is -2.48. The zero-order valence-electron chi connectivity index (χ0n) is 22.5. The maximum absolute atomic E-state index is 13.1. The third-order valence-corrected chi connectivity index (χ3v) is 8.64. The molecule has 2 aliphatic heterocycles. The van der Waals surface area contributed by atoms with E-state index in [-0.39, 0.29) is 6.09 Å². The number of nitrogens with zero attached hydrogens (tertiary/aromatic N) is 2. The van der Waals surface area contributed by atoms with Gasteiger partial charge in [-0.15, -0.1) is 0 Å². The van der Waals surface area contributed by atoms with Crippen LogP contribution in [0.5, 0.6) is 0 Å². The fourth-order valence-corrected chi connectivity index (χ4v) is 7.04. The van der Waals surface area contributed by atoms with Gasteiger partial charge in [-0.2, -0.15) is 0 Å². The molecule has 1 N–H and O–H groups in total. The van der Waals surface area contributed by atoms with E-state index in [4.69, 9.17) is 4.74 Å². The van der Waals surface area contributed by atoms with Crippen molar-refractivity contribution in [2.24, 2.45) is 5.92 Å². The Hall–Kier alpha value is -1.80. The van der Waals surface area contributed by atoms with Crippen LogP contribution in [0.1, 0.15) is 90.0 Å². The highest BCUT2D eigenvalue weighted by molar-refractivity contribution is 7.92. The standard InChI is InChI=1S/C28H45N3O4S/c1-28(2,3)35-27(32)30(20-21-9-6-5-7-10-21)15-16-31-25-13-14-26(31)19-23(18-25)22-11-8-12-24(17-22)29-36(4,33)34/h8,11-12,17,21,23,25-26,29H,5-7,9-10,13-16,18-20H2,1-4H3/t23?,25-,26+. The Bertz CT molecular complexity index is 986. The molecule has 36 heavy (non-hydrogen) atoms. The first kappa shape index (κ1) is 27.2. The molecule has 1 aromatic rings. The van der Waals surface area contributed by atoms with E-state index in [2.05, 4.69) is 15.7 Å². The van der Waals surface area contributed by atoms with Crippen molar-refractivity contribution in [3.63, 3.8) is 0 Å². The number of piperidine rings is 1. The van der Waals surface area contributed by atoms with Crippen LogP contribution in [-0.4, -0.2) is 67.9 Å². The monoisotopic (exact) mass is 519 g/mol. The first-order valence-electron chi connectivity index (χ1n) is 13.8. The van der Waals surface area contributed by atoms with E-state index in [1.807, 2.05) is 43.9 Å². The number of sulfonamides is 1. The minimum Gasteiger partial charge on any atom is -0.444 e. The number of amides is 1. The first-order valence-corrected chi connectivity index (χ1v) is 15.7. The van der Waals surface area contributed by atoms with Crippen LogP contribution in [0.25, 0.3) is 0 Å². The molecule has 1 aliphatic carbocycles. The molecule has 1 amide bonds. The van der Waals surface area contributed by atoms with E-state index in [1.54, 1.807) is 0 Å². The van der Waals surface area contributed by atoms with Crippen LogP contribution < -0.4 is 4.72 Å². The highest BCUT2D eigenvalue weighted by Gasteiger charge is 2.41. The van der Waals surface area contributed by atoms with Crippen LogP contribution in [0.3, 0.4) is 0 Å². The molecule has 2 saturated heterocycles. The summed E-state index contributed by atoms with van der Waals surface area (Å²) in [4.78, 5) is 17.7. The summed E-state index contributed by atoms with van der Waals surface area (Å²) in [5, 5.41) is 0. The van der Waals surface area contributed by atoms with Crippen LogP contribution in [0.4, 0.5) is 10.5 Å². The van der Waals surface area contributed by atoms with Crippen molar-refractivity contribution >= 4 is 21.8 Å². The van der Waals surface area contributed by atoms with Gasteiger partial charge in [-0.1, -0.05) is 31.4 Å². The van der Waals surface area contributed by atoms with Gasteiger partial charge in [-0.05, 0) is 88.8 Å². The number of nitrogens with one attached hydrogen (secondary N) is 1. The first-order chi connectivity index (χ1) is 17.0. The van der Waals surface area contributed by atoms with E-state index >= 15 is 0 Å². The minimum absolute atomic E-state index is 0.175. The summed E-state index contributed by atoms with van der Waals surface area (Å²) >= 11 is 0. The normalized spacial score (nSPS) is 25.5. The molecule has 8 heteroatoms. The molecule has 1 aromatic carbocycles. The topological polar surface area (TPSA) is 79.0 Å².